The molecule has 0 radical (unpaired) electrons. The topological polar surface area (TPSA) is 141 Å². The van der Waals surface area contributed by atoms with Gasteiger partial charge in [0.15, 0.2) is 0 Å². The number of hydrogen-bond acceptors (Lipinski definition) is 9. The second kappa shape index (κ2) is 12.4. The lowest BCUT2D eigenvalue weighted by Crippen LogP contribution is -2.55. The first-order valence-electron chi connectivity index (χ1n) is 15.0. The van der Waals surface area contributed by atoms with E-state index in [0.717, 1.165) is 12.8 Å². The highest BCUT2D eigenvalue weighted by Gasteiger charge is 2.47. The summed E-state index contributed by atoms with van der Waals surface area (Å²) >= 11 is 0. The first-order chi connectivity index (χ1) is 20.9. The molecular formula is C29H37F3N4O8. The molecule has 1 aliphatic carbocycles. The Kier molecular flexibility index (Phi) is 8.76. The summed E-state index contributed by atoms with van der Waals surface area (Å²) in [5, 5.41) is 24.4. The Morgan fingerprint density at radius 2 is 1.75 bits per heavy atom. The minimum Gasteiger partial charge on any atom is -0.406 e. The van der Waals surface area contributed by atoms with Gasteiger partial charge >= 0.3 is 6.36 Å². The lowest BCUT2D eigenvalue weighted by molar-refractivity contribution is -0.274. The van der Waals surface area contributed by atoms with Gasteiger partial charge in [0, 0.05) is 51.2 Å². The maximum absolute atomic E-state index is 13.9. The van der Waals surface area contributed by atoms with E-state index < -0.39 is 54.9 Å². The molecule has 6 bridgehead atoms. The van der Waals surface area contributed by atoms with Crippen LogP contribution in [-0.4, -0.2) is 131 Å². The number of benzene rings is 1. The molecule has 3 amide bonds. The van der Waals surface area contributed by atoms with E-state index >= 15 is 0 Å². The van der Waals surface area contributed by atoms with Gasteiger partial charge in [-0.05, 0) is 37.0 Å². The van der Waals surface area contributed by atoms with Gasteiger partial charge in [0.1, 0.15) is 24.1 Å². The van der Waals surface area contributed by atoms with E-state index in [0.29, 0.717) is 25.1 Å². The number of carbonyl (C=O) groups excluding carboxylic acids is 3. The lowest BCUT2D eigenvalue weighted by Gasteiger charge is -2.38. The first kappa shape index (κ1) is 31.0. The van der Waals surface area contributed by atoms with Crippen molar-refractivity contribution >= 4 is 17.7 Å². The fourth-order valence-corrected chi connectivity index (χ4v) is 6.63. The number of ether oxygens (including phenoxy) is 3. The summed E-state index contributed by atoms with van der Waals surface area (Å²) in [6.07, 6.45) is -8.16. The van der Waals surface area contributed by atoms with Gasteiger partial charge in [-0.2, -0.15) is 0 Å². The molecule has 44 heavy (non-hydrogen) atoms. The van der Waals surface area contributed by atoms with Crippen molar-refractivity contribution in [1.82, 2.24) is 20.0 Å². The van der Waals surface area contributed by atoms with Crippen LogP contribution in [0.2, 0.25) is 0 Å². The number of carbonyl (C=O) groups is 3. The number of likely N-dealkylation sites (tertiary alicyclic amines) is 1. The van der Waals surface area contributed by atoms with Crippen molar-refractivity contribution in [2.75, 3.05) is 39.3 Å². The van der Waals surface area contributed by atoms with Crippen LogP contribution in [0, 0.1) is 5.92 Å². The van der Waals surface area contributed by atoms with Crippen molar-refractivity contribution in [2.45, 2.75) is 81.2 Å². The number of nitrogens with one attached hydrogen (secondary N) is 1. The van der Waals surface area contributed by atoms with Crippen LogP contribution in [-0.2, 0) is 30.4 Å². The Morgan fingerprint density at radius 1 is 1.02 bits per heavy atom. The molecule has 5 fully saturated rings. The summed E-state index contributed by atoms with van der Waals surface area (Å²) < 4.78 is 53.7. The van der Waals surface area contributed by atoms with Crippen LogP contribution < -0.4 is 10.1 Å². The van der Waals surface area contributed by atoms with Crippen LogP contribution in [0.25, 0.3) is 0 Å². The van der Waals surface area contributed by atoms with Crippen molar-refractivity contribution in [1.29, 1.82) is 0 Å². The zero-order valence-electron chi connectivity index (χ0n) is 24.0. The zero-order chi connectivity index (χ0) is 31.2. The molecule has 4 aliphatic heterocycles. The Bertz CT molecular complexity index is 1230. The normalized spacial score (nSPS) is 33.8. The van der Waals surface area contributed by atoms with Gasteiger partial charge in [-0.25, -0.2) is 0 Å². The number of nitrogens with zero attached hydrogens (tertiary/aromatic N) is 3. The van der Waals surface area contributed by atoms with Crippen LogP contribution >= 0.6 is 0 Å². The predicted octanol–water partition coefficient (Wildman–Crippen LogP) is 0.00320. The number of alkyl halides is 3. The second-order valence-corrected chi connectivity index (χ2v) is 12.3. The zero-order valence-corrected chi connectivity index (χ0v) is 24.0. The fourth-order valence-electron chi connectivity index (χ4n) is 6.63. The molecule has 15 heteroatoms. The van der Waals surface area contributed by atoms with Crippen molar-refractivity contribution in [3.63, 3.8) is 0 Å². The molecule has 0 spiro atoms. The fraction of sp³-hybridized carbons (Fsp3) is 0.690. The van der Waals surface area contributed by atoms with E-state index in [1.807, 2.05) is 4.90 Å². The van der Waals surface area contributed by atoms with Gasteiger partial charge in [-0.3, -0.25) is 19.3 Å². The third-order valence-corrected chi connectivity index (χ3v) is 8.96. The number of aliphatic hydroxyl groups is 2. The SMILES string of the molecule is O=C1C[C@@H]2O[C@H](CN(C(=O)C3CC3)C[C@@H]3CN(CCO3)C(=O)[C@@H]3C[C@@H](CN3Cc3ccc(OC(F)(F)F)cc3)N1)[C@@H](O)[C@H]2O. The maximum Gasteiger partial charge on any atom is 0.573 e. The molecule has 1 saturated carbocycles. The van der Waals surface area contributed by atoms with Crippen molar-refractivity contribution in [3.05, 3.63) is 29.8 Å². The van der Waals surface area contributed by atoms with Crippen LogP contribution in [0.15, 0.2) is 24.3 Å². The lowest BCUT2D eigenvalue weighted by atomic mass is 10.0. The number of halogens is 3. The number of hydrogen-bond donors (Lipinski definition) is 3. The average Bonchev–Trinajstić information content (AvgIpc) is 3.70. The van der Waals surface area contributed by atoms with Gasteiger partial charge in [0.05, 0.1) is 31.3 Å². The third kappa shape index (κ3) is 7.12. The summed E-state index contributed by atoms with van der Waals surface area (Å²) in [5.41, 5.74) is 0.659. The predicted molar refractivity (Wildman–Crippen MR) is 145 cm³/mol. The Hall–Kier alpha value is -2.98. The average molecular weight is 627 g/mol. The van der Waals surface area contributed by atoms with Gasteiger partial charge in [-0.15, -0.1) is 13.2 Å². The van der Waals surface area contributed by atoms with E-state index in [2.05, 4.69) is 10.1 Å². The van der Waals surface area contributed by atoms with Crippen LogP contribution in [0.1, 0.15) is 31.2 Å². The molecule has 3 N–H and O–H groups in total. The summed E-state index contributed by atoms with van der Waals surface area (Å²) in [7, 11) is 0. The summed E-state index contributed by atoms with van der Waals surface area (Å²) in [4.78, 5) is 45.4. The van der Waals surface area contributed by atoms with Crippen LogP contribution in [0.5, 0.6) is 5.75 Å². The monoisotopic (exact) mass is 626 g/mol. The number of aliphatic hydroxyl groups excluding tert-OH is 2. The van der Waals surface area contributed by atoms with Gasteiger partial charge < -0.3 is 39.5 Å². The highest BCUT2D eigenvalue weighted by molar-refractivity contribution is 5.83. The molecule has 4 heterocycles. The molecule has 242 valence electrons. The van der Waals surface area contributed by atoms with Gasteiger partial charge in [0.2, 0.25) is 17.7 Å². The first-order valence-corrected chi connectivity index (χ1v) is 15.0. The molecule has 6 rings (SSSR count). The van der Waals surface area contributed by atoms with Crippen molar-refractivity contribution in [3.8, 4) is 5.75 Å². The summed E-state index contributed by atoms with van der Waals surface area (Å²) in [6, 6.07) is 4.39. The standard InChI is InChI=1S/C29H37F3N4O8/c30-29(31,32)44-19-5-1-16(2-6-19)11-35-12-18-9-21(35)28(41)34-7-8-42-20(13-34)14-36(27(40)17-3-4-17)15-23-26(39)25(38)22(43-23)10-24(37)33-18/h1-2,5-6,17-18,20-23,25-26,38-39H,3-4,7-15H2,(H,33,37)/t18-,20-,21-,22-,23+,25-,26+/m0/s1. The van der Waals surface area contributed by atoms with E-state index in [1.165, 1.54) is 24.3 Å². The Labute approximate surface area is 252 Å². The summed E-state index contributed by atoms with van der Waals surface area (Å²) in [6.45, 7) is 1.58. The molecule has 0 aromatic heterocycles. The van der Waals surface area contributed by atoms with Crippen LogP contribution in [0.4, 0.5) is 13.2 Å². The Balaban J connectivity index is 1.23. The van der Waals surface area contributed by atoms with E-state index in [9.17, 15) is 37.8 Å². The number of fused-ring (bicyclic) bond motifs is 6. The highest BCUT2D eigenvalue weighted by atomic mass is 19.4. The van der Waals surface area contributed by atoms with Crippen molar-refractivity contribution < 1.29 is 52.0 Å². The molecular weight excluding hydrogens is 589 g/mol. The van der Waals surface area contributed by atoms with Crippen molar-refractivity contribution in [2.24, 2.45) is 5.92 Å². The third-order valence-electron chi connectivity index (χ3n) is 8.96. The molecule has 7 atom stereocenters. The Morgan fingerprint density at radius 3 is 2.45 bits per heavy atom. The number of morpholine rings is 1. The minimum atomic E-state index is -4.81. The minimum absolute atomic E-state index is 0.0192. The molecule has 12 nitrogen and oxygen atoms in total. The second-order valence-electron chi connectivity index (χ2n) is 12.3. The molecule has 4 saturated heterocycles. The number of rotatable bonds is 4. The largest absolute Gasteiger partial charge is 0.573 e. The smallest absolute Gasteiger partial charge is 0.406 e. The van der Waals surface area contributed by atoms with Gasteiger partial charge in [-0.1, -0.05) is 12.1 Å². The summed E-state index contributed by atoms with van der Waals surface area (Å²) in [5.74, 6) is -1.15. The van der Waals surface area contributed by atoms with Gasteiger partial charge in [0.25, 0.3) is 0 Å². The van der Waals surface area contributed by atoms with E-state index in [4.69, 9.17) is 9.47 Å². The molecule has 5 aliphatic rings. The molecule has 1 aromatic carbocycles. The molecule has 1 aromatic rings. The van der Waals surface area contributed by atoms with E-state index in [1.54, 1.807) is 9.80 Å². The number of amides is 3. The van der Waals surface area contributed by atoms with E-state index in [-0.39, 0.29) is 62.7 Å². The molecule has 0 unspecified atom stereocenters. The van der Waals surface area contributed by atoms with Crippen LogP contribution in [0.3, 0.4) is 0 Å². The maximum atomic E-state index is 13.9. The highest BCUT2D eigenvalue weighted by Crippen LogP contribution is 2.33. The quantitative estimate of drug-likeness (QED) is 0.422.